The fourth-order valence-electron chi connectivity index (χ4n) is 3.62. The minimum atomic E-state index is -3.71. The van der Waals surface area contributed by atoms with Crippen LogP contribution in [-0.4, -0.2) is 51.3 Å². The van der Waals surface area contributed by atoms with Gasteiger partial charge in [0, 0.05) is 43.6 Å². The number of piperidine rings is 1. The van der Waals surface area contributed by atoms with Gasteiger partial charge in [0.25, 0.3) is 0 Å². The molecule has 32 heavy (non-hydrogen) atoms. The standard InChI is InChI=1S/C20H22ClFN6O3S/c1-26-13-17(10-23-26)32(30,31)28-7-2-3-15(12-28)20(29)24-19-6-8-27(25-19)11-14-4-5-16(22)9-18(14)21/h4-6,8-10,13,15H,2-3,7,11-12H2,1H3,(H,24,25,29). The van der Waals surface area contributed by atoms with Crippen molar-refractivity contribution in [3.8, 4) is 0 Å². The fraction of sp³-hybridized carbons (Fsp3) is 0.350. The van der Waals surface area contributed by atoms with E-state index in [9.17, 15) is 17.6 Å². The molecule has 1 atom stereocenters. The Balaban J connectivity index is 1.40. The molecule has 1 aliphatic rings. The summed E-state index contributed by atoms with van der Waals surface area (Å²) in [5.41, 5.74) is 0.692. The average Bonchev–Trinajstić information content (AvgIpc) is 3.39. The third kappa shape index (κ3) is 4.84. The van der Waals surface area contributed by atoms with Gasteiger partial charge in [0.2, 0.25) is 15.9 Å². The number of benzene rings is 1. The van der Waals surface area contributed by atoms with Crippen molar-refractivity contribution in [2.75, 3.05) is 18.4 Å². The number of halogens is 2. The molecule has 1 unspecified atom stereocenters. The van der Waals surface area contributed by atoms with E-state index < -0.39 is 21.8 Å². The van der Waals surface area contributed by atoms with Crippen molar-refractivity contribution >= 4 is 33.3 Å². The van der Waals surface area contributed by atoms with Crippen LogP contribution in [0.25, 0.3) is 0 Å². The number of aryl methyl sites for hydroxylation is 1. The van der Waals surface area contributed by atoms with Crippen LogP contribution in [0.5, 0.6) is 0 Å². The van der Waals surface area contributed by atoms with Crippen LogP contribution in [0.1, 0.15) is 18.4 Å². The van der Waals surface area contributed by atoms with Gasteiger partial charge in [-0.3, -0.25) is 14.2 Å². The van der Waals surface area contributed by atoms with Crippen LogP contribution >= 0.6 is 11.6 Å². The average molecular weight is 481 g/mol. The van der Waals surface area contributed by atoms with Gasteiger partial charge in [0.05, 0.1) is 18.7 Å². The molecule has 0 radical (unpaired) electrons. The summed E-state index contributed by atoms with van der Waals surface area (Å²) in [7, 11) is -2.06. The van der Waals surface area contributed by atoms with E-state index in [1.165, 1.54) is 33.5 Å². The number of rotatable bonds is 6. The highest BCUT2D eigenvalue weighted by Gasteiger charge is 2.34. The molecular formula is C20H22ClFN6O3S. The van der Waals surface area contributed by atoms with Gasteiger partial charge in [0.15, 0.2) is 5.82 Å². The summed E-state index contributed by atoms with van der Waals surface area (Å²) in [6, 6.07) is 5.78. The second-order valence-electron chi connectivity index (χ2n) is 7.68. The number of aromatic nitrogens is 4. The highest BCUT2D eigenvalue weighted by atomic mass is 35.5. The Morgan fingerprint density at radius 1 is 1.34 bits per heavy atom. The van der Waals surface area contributed by atoms with Crippen molar-refractivity contribution < 1.29 is 17.6 Å². The lowest BCUT2D eigenvalue weighted by molar-refractivity contribution is -0.120. The van der Waals surface area contributed by atoms with E-state index in [1.807, 2.05) is 0 Å². The zero-order chi connectivity index (χ0) is 22.9. The van der Waals surface area contributed by atoms with Crippen LogP contribution in [-0.2, 0) is 28.4 Å². The number of nitrogens with zero attached hydrogens (tertiary/aromatic N) is 5. The SMILES string of the molecule is Cn1cc(S(=O)(=O)N2CCCC(C(=O)Nc3ccn(Cc4ccc(F)cc4Cl)n3)C2)cn1. The number of carbonyl (C=O) groups excluding carboxylic acids is 1. The molecule has 0 saturated carbocycles. The minimum absolute atomic E-state index is 0.0922. The molecule has 12 heteroatoms. The topological polar surface area (TPSA) is 102 Å². The maximum atomic E-state index is 13.2. The van der Waals surface area contributed by atoms with Crippen molar-refractivity contribution in [1.29, 1.82) is 0 Å². The number of carbonyl (C=O) groups is 1. The van der Waals surface area contributed by atoms with Crippen molar-refractivity contribution in [2.45, 2.75) is 24.3 Å². The van der Waals surface area contributed by atoms with Crippen LogP contribution in [0.4, 0.5) is 10.2 Å². The predicted molar refractivity (Wildman–Crippen MR) is 116 cm³/mol. The maximum absolute atomic E-state index is 13.2. The van der Waals surface area contributed by atoms with Gasteiger partial charge in [-0.15, -0.1) is 0 Å². The van der Waals surface area contributed by atoms with Gasteiger partial charge in [0.1, 0.15) is 10.7 Å². The smallest absolute Gasteiger partial charge is 0.246 e. The van der Waals surface area contributed by atoms with Crippen LogP contribution in [0, 0.1) is 11.7 Å². The molecule has 2 aromatic heterocycles. The summed E-state index contributed by atoms with van der Waals surface area (Å²) in [4.78, 5) is 12.9. The lowest BCUT2D eigenvalue weighted by Gasteiger charge is -2.30. The molecule has 0 spiro atoms. The first-order chi connectivity index (χ1) is 15.2. The molecule has 1 fully saturated rings. The number of nitrogens with one attached hydrogen (secondary N) is 1. The third-order valence-electron chi connectivity index (χ3n) is 5.31. The van der Waals surface area contributed by atoms with Crippen LogP contribution in [0.3, 0.4) is 0 Å². The van der Waals surface area contributed by atoms with Gasteiger partial charge >= 0.3 is 0 Å². The van der Waals surface area contributed by atoms with E-state index in [2.05, 4.69) is 15.5 Å². The highest BCUT2D eigenvalue weighted by Crippen LogP contribution is 2.24. The van der Waals surface area contributed by atoms with Crippen LogP contribution in [0.15, 0.2) is 47.8 Å². The lowest BCUT2D eigenvalue weighted by Crippen LogP contribution is -2.43. The summed E-state index contributed by atoms with van der Waals surface area (Å²) >= 11 is 6.06. The first-order valence-electron chi connectivity index (χ1n) is 9.99. The van der Waals surface area contributed by atoms with Crippen molar-refractivity contribution in [3.63, 3.8) is 0 Å². The molecule has 9 nitrogen and oxygen atoms in total. The molecule has 3 aromatic rings. The van der Waals surface area contributed by atoms with E-state index in [1.54, 1.807) is 30.1 Å². The molecule has 0 aliphatic carbocycles. The zero-order valence-electron chi connectivity index (χ0n) is 17.3. The van der Waals surface area contributed by atoms with E-state index in [0.29, 0.717) is 42.3 Å². The maximum Gasteiger partial charge on any atom is 0.246 e. The summed E-state index contributed by atoms with van der Waals surface area (Å²) < 4.78 is 43.2. The second-order valence-corrected chi connectivity index (χ2v) is 10.0. The first-order valence-corrected chi connectivity index (χ1v) is 11.8. The number of hydrogen-bond acceptors (Lipinski definition) is 5. The normalized spacial score (nSPS) is 17.4. The molecule has 1 aromatic carbocycles. The quantitative estimate of drug-likeness (QED) is 0.584. The van der Waals surface area contributed by atoms with E-state index in [0.717, 1.165) is 0 Å². The first kappa shape index (κ1) is 22.4. The summed E-state index contributed by atoms with van der Waals surface area (Å²) in [5.74, 6) is -0.854. The predicted octanol–water partition coefficient (Wildman–Crippen LogP) is 2.50. The van der Waals surface area contributed by atoms with Gasteiger partial charge in [-0.25, -0.2) is 12.8 Å². The van der Waals surface area contributed by atoms with Crippen LogP contribution < -0.4 is 5.32 Å². The Hall–Kier alpha value is -2.76. The van der Waals surface area contributed by atoms with Crippen molar-refractivity contribution in [2.24, 2.45) is 13.0 Å². The number of hydrogen-bond donors (Lipinski definition) is 1. The number of anilines is 1. The summed E-state index contributed by atoms with van der Waals surface area (Å²) in [6.45, 7) is 0.762. The Morgan fingerprint density at radius 3 is 2.88 bits per heavy atom. The summed E-state index contributed by atoms with van der Waals surface area (Å²) in [6.07, 6.45) is 5.58. The molecule has 0 bridgehead atoms. The van der Waals surface area contributed by atoms with E-state index in [-0.39, 0.29) is 17.3 Å². The van der Waals surface area contributed by atoms with Gasteiger partial charge in [-0.1, -0.05) is 17.7 Å². The van der Waals surface area contributed by atoms with Gasteiger partial charge in [-0.05, 0) is 30.5 Å². The van der Waals surface area contributed by atoms with Gasteiger partial charge in [-0.2, -0.15) is 14.5 Å². The Bertz CT molecular complexity index is 1240. The minimum Gasteiger partial charge on any atom is -0.309 e. The molecule has 170 valence electrons. The third-order valence-corrected chi connectivity index (χ3v) is 7.48. The summed E-state index contributed by atoms with van der Waals surface area (Å²) in [5, 5.41) is 11.3. The lowest BCUT2D eigenvalue weighted by atomic mass is 9.99. The Labute approximate surface area is 189 Å². The number of amides is 1. The molecule has 4 rings (SSSR count). The van der Waals surface area contributed by atoms with Gasteiger partial charge < -0.3 is 5.32 Å². The monoisotopic (exact) mass is 480 g/mol. The van der Waals surface area contributed by atoms with E-state index in [4.69, 9.17) is 11.6 Å². The van der Waals surface area contributed by atoms with Crippen LogP contribution in [0.2, 0.25) is 5.02 Å². The molecular weight excluding hydrogens is 459 g/mol. The molecule has 3 heterocycles. The molecule has 1 aliphatic heterocycles. The highest BCUT2D eigenvalue weighted by molar-refractivity contribution is 7.89. The fourth-order valence-corrected chi connectivity index (χ4v) is 5.36. The number of sulfonamides is 1. The second kappa shape index (κ2) is 9.00. The molecule has 1 amide bonds. The van der Waals surface area contributed by atoms with E-state index >= 15 is 0 Å². The zero-order valence-corrected chi connectivity index (χ0v) is 18.9. The Morgan fingerprint density at radius 2 is 2.16 bits per heavy atom. The molecule has 1 N–H and O–H groups in total. The van der Waals surface area contributed by atoms with Crippen molar-refractivity contribution in [1.82, 2.24) is 23.9 Å². The largest absolute Gasteiger partial charge is 0.309 e. The molecule has 1 saturated heterocycles. The Kier molecular flexibility index (Phi) is 6.31. The van der Waals surface area contributed by atoms with Crippen molar-refractivity contribution in [3.05, 3.63) is 59.3 Å².